The molecule has 0 bridgehead atoms. The number of nitrogens with two attached hydrogens (primary N) is 1. The van der Waals surface area contributed by atoms with E-state index in [0.717, 1.165) is 22.7 Å². The van der Waals surface area contributed by atoms with Crippen LogP contribution in [0.15, 0.2) is 11.4 Å². The Balaban J connectivity index is 2.81. The number of thiophene rings is 1. The van der Waals surface area contributed by atoms with Crippen molar-refractivity contribution in [3.05, 3.63) is 21.3 Å². The summed E-state index contributed by atoms with van der Waals surface area (Å²) >= 11 is 7.72. The molecular formula is C11H19ClN2OS. The third kappa shape index (κ3) is 3.43. The van der Waals surface area contributed by atoms with E-state index >= 15 is 0 Å². The number of ether oxygens (including phenoxy) is 1. The molecule has 1 aromatic heterocycles. The first-order chi connectivity index (χ1) is 7.74. The van der Waals surface area contributed by atoms with Gasteiger partial charge >= 0.3 is 0 Å². The van der Waals surface area contributed by atoms with Crippen LogP contribution in [0, 0.1) is 0 Å². The molecule has 0 radical (unpaired) electrons. The normalized spacial score (nSPS) is 15.0. The van der Waals surface area contributed by atoms with Crippen molar-refractivity contribution in [2.75, 3.05) is 6.61 Å². The average molecular weight is 263 g/mol. The molecule has 0 amide bonds. The fourth-order valence-corrected chi connectivity index (χ4v) is 3.01. The summed E-state index contributed by atoms with van der Waals surface area (Å²) in [6, 6.07) is 1.87. The lowest BCUT2D eigenvalue weighted by Crippen LogP contribution is -2.37. The van der Waals surface area contributed by atoms with Gasteiger partial charge in [0, 0.05) is 11.5 Å². The molecule has 1 rings (SSSR count). The monoisotopic (exact) mass is 262 g/mol. The van der Waals surface area contributed by atoms with Gasteiger partial charge in [0.1, 0.15) is 0 Å². The first-order valence-corrected chi connectivity index (χ1v) is 6.80. The highest BCUT2D eigenvalue weighted by Crippen LogP contribution is 2.32. The van der Waals surface area contributed by atoms with Crippen LogP contribution in [-0.4, -0.2) is 12.7 Å². The van der Waals surface area contributed by atoms with Crippen LogP contribution in [-0.2, 0) is 4.74 Å². The highest BCUT2D eigenvalue weighted by Gasteiger charge is 2.24. The Morgan fingerprint density at radius 3 is 2.75 bits per heavy atom. The highest BCUT2D eigenvalue weighted by molar-refractivity contribution is 7.10. The van der Waals surface area contributed by atoms with E-state index in [-0.39, 0.29) is 12.1 Å². The molecule has 0 fully saturated rings. The molecule has 0 aliphatic rings. The van der Waals surface area contributed by atoms with Gasteiger partial charge in [-0.05, 0) is 24.8 Å². The van der Waals surface area contributed by atoms with E-state index in [1.165, 1.54) is 0 Å². The Morgan fingerprint density at radius 2 is 2.31 bits per heavy atom. The number of halogens is 1. The van der Waals surface area contributed by atoms with Gasteiger partial charge in [0.15, 0.2) is 0 Å². The van der Waals surface area contributed by atoms with Crippen LogP contribution in [0.3, 0.4) is 0 Å². The molecule has 16 heavy (non-hydrogen) atoms. The van der Waals surface area contributed by atoms with Crippen LogP contribution in [0.4, 0.5) is 0 Å². The van der Waals surface area contributed by atoms with E-state index in [4.69, 9.17) is 22.2 Å². The SMILES string of the molecule is CCCC(OCC)C(NN)c1sccc1Cl. The number of rotatable bonds is 7. The van der Waals surface area contributed by atoms with Gasteiger partial charge in [0.2, 0.25) is 0 Å². The van der Waals surface area contributed by atoms with Crippen molar-refractivity contribution in [3.8, 4) is 0 Å². The van der Waals surface area contributed by atoms with E-state index in [1.807, 2.05) is 18.4 Å². The summed E-state index contributed by atoms with van der Waals surface area (Å²) < 4.78 is 5.72. The van der Waals surface area contributed by atoms with Crippen LogP contribution in [0.25, 0.3) is 0 Å². The molecule has 0 saturated carbocycles. The van der Waals surface area contributed by atoms with E-state index in [9.17, 15) is 0 Å². The van der Waals surface area contributed by atoms with E-state index in [2.05, 4.69) is 12.3 Å². The summed E-state index contributed by atoms with van der Waals surface area (Å²) in [4.78, 5) is 1.05. The van der Waals surface area contributed by atoms with Crippen molar-refractivity contribution in [3.63, 3.8) is 0 Å². The summed E-state index contributed by atoms with van der Waals surface area (Å²) in [7, 11) is 0. The fourth-order valence-electron chi connectivity index (χ4n) is 1.72. The van der Waals surface area contributed by atoms with Crippen LogP contribution in [0.1, 0.15) is 37.6 Å². The predicted octanol–water partition coefficient (Wildman–Crippen LogP) is 3.11. The maximum atomic E-state index is 6.12. The summed E-state index contributed by atoms with van der Waals surface area (Å²) in [6.07, 6.45) is 2.11. The molecule has 92 valence electrons. The lowest BCUT2D eigenvalue weighted by atomic mass is 10.1. The van der Waals surface area contributed by atoms with Crippen molar-refractivity contribution in [2.45, 2.75) is 38.8 Å². The standard InChI is InChI=1S/C11H19ClN2OS/c1-3-5-9(15-4-2)10(14-13)11-8(12)6-7-16-11/h6-7,9-10,14H,3-5,13H2,1-2H3. The Labute approximate surface area is 106 Å². The predicted molar refractivity (Wildman–Crippen MR) is 69.7 cm³/mol. The van der Waals surface area contributed by atoms with Crippen molar-refractivity contribution in [1.29, 1.82) is 0 Å². The van der Waals surface area contributed by atoms with Crippen LogP contribution < -0.4 is 11.3 Å². The molecule has 3 N–H and O–H groups in total. The molecule has 0 aliphatic carbocycles. The second kappa shape index (κ2) is 7.25. The molecule has 3 nitrogen and oxygen atoms in total. The number of hydrazine groups is 1. The Kier molecular flexibility index (Phi) is 6.31. The molecular weight excluding hydrogens is 244 g/mol. The van der Waals surface area contributed by atoms with E-state index in [0.29, 0.717) is 6.61 Å². The van der Waals surface area contributed by atoms with Gasteiger partial charge in [0.25, 0.3) is 0 Å². The molecule has 0 saturated heterocycles. The lowest BCUT2D eigenvalue weighted by molar-refractivity contribution is 0.0285. The minimum atomic E-state index is -0.0209. The molecule has 2 atom stereocenters. The number of nitrogens with one attached hydrogen (secondary N) is 1. The van der Waals surface area contributed by atoms with Crippen molar-refractivity contribution < 1.29 is 4.74 Å². The van der Waals surface area contributed by atoms with Crippen molar-refractivity contribution >= 4 is 22.9 Å². The van der Waals surface area contributed by atoms with Gasteiger partial charge in [-0.3, -0.25) is 5.84 Å². The Hall–Kier alpha value is -0.130. The average Bonchev–Trinajstić information content (AvgIpc) is 2.67. The third-order valence-corrected chi connectivity index (χ3v) is 3.87. The quantitative estimate of drug-likeness (QED) is 0.586. The summed E-state index contributed by atoms with van der Waals surface area (Å²) in [6.45, 7) is 4.81. The molecule has 1 aromatic rings. The maximum absolute atomic E-state index is 6.12. The zero-order chi connectivity index (χ0) is 12.0. The first kappa shape index (κ1) is 13.9. The minimum Gasteiger partial charge on any atom is -0.376 e. The summed E-state index contributed by atoms with van der Waals surface area (Å²) in [5.41, 5.74) is 2.82. The summed E-state index contributed by atoms with van der Waals surface area (Å²) in [5, 5.41) is 2.73. The Bertz CT molecular complexity index is 300. The lowest BCUT2D eigenvalue weighted by Gasteiger charge is -2.25. The number of hydrogen-bond donors (Lipinski definition) is 2. The van der Waals surface area contributed by atoms with Gasteiger partial charge in [-0.15, -0.1) is 11.3 Å². The van der Waals surface area contributed by atoms with Crippen LogP contribution >= 0.6 is 22.9 Å². The second-order valence-electron chi connectivity index (χ2n) is 3.56. The maximum Gasteiger partial charge on any atom is 0.0829 e. The fraction of sp³-hybridized carbons (Fsp3) is 0.636. The second-order valence-corrected chi connectivity index (χ2v) is 4.91. The molecule has 0 spiro atoms. The summed E-state index contributed by atoms with van der Waals surface area (Å²) in [5.74, 6) is 5.61. The molecule has 0 aromatic carbocycles. The van der Waals surface area contributed by atoms with E-state index < -0.39 is 0 Å². The topological polar surface area (TPSA) is 47.3 Å². The minimum absolute atomic E-state index is 0.0209. The molecule has 2 unspecified atom stereocenters. The third-order valence-electron chi connectivity index (χ3n) is 2.43. The number of hydrogen-bond acceptors (Lipinski definition) is 4. The van der Waals surface area contributed by atoms with Gasteiger partial charge in [-0.25, -0.2) is 5.43 Å². The van der Waals surface area contributed by atoms with Crippen LogP contribution in [0.5, 0.6) is 0 Å². The zero-order valence-electron chi connectivity index (χ0n) is 9.70. The van der Waals surface area contributed by atoms with Crippen LogP contribution in [0.2, 0.25) is 5.02 Å². The molecule has 0 aliphatic heterocycles. The van der Waals surface area contributed by atoms with Gasteiger partial charge in [-0.1, -0.05) is 24.9 Å². The van der Waals surface area contributed by atoms with Crippen molar-refractivity contribution in [1.82, 2.24) is 5.43 Å². The zero-order valence-corrected chi connectivity index (χ0v) is 11.3. The highest BCUT2D eigenvalue weighted by atomic mass is 35.5. The van der Waals surface area contributed by atoms with Gasteiger partial charge in [0.05, 0.1) is 17.2 Å². The van der Waals surface area contributed by atoms with Crippen molar-refractivity contribution in [2.24, 2.45) is 5.84 Å². The van der Waals surface area contributed by atoms with Gasteiger partial charge < -0.3 is 4.74 Å². The molecule has 5 heteroatoms. The van der Waals surface area contributed by atoms with E-state index in [1.54, 1.807) is 11.3 Å². The largest absolute Gasteiger partial charge is 0.376 e. The smallest absolute Gasteiger partial charge is 0.0829 e. The molecule has 1 heterocycles. The Morgan fingerprint density at radius 1 is 1.56 bits per heavy atom. The van der Waals surface area contributed by atoms with Gasteiger partial charge in [-0.2, -0.15) is 0 Å². The first-order valence-electron chi connectivity index (χ1n) is 5.55.